The van der Waals surface area contributed by atoms with E-state index >= 15 is 0 Å². The van der Waals surface area contributed by atoms with Crippen LogP contribution in [0.2, 0.25) is 0 Å². The van der Waals surface area contributed by atoms with Gasteiger partial charge in [0.1, 0.15) is 5.52 Å². The van der Waals surface area contributed by atoms with Crippen molar-refractivity contribution >= 4 is 11.0 Å². The summed E-state index contributed by atoms with van der Waals surface area (Å²) in [5.41, 5.74) is 5.88. The second kappa shape index (κ2) is 5.61. The molecule has 7 heteroatoms. The molecule has 0 spiro atoms. The number of benzene rings is 1. The summed E-state index contributed by atoms with van der Waals surface area (Å²) < 4.78 is 9.79. The van der Waals surface area contributed by atoms with E-state index in [0.29, 0.717) is 17.9 Å². The van der Waals surface area contributed by atoms with Crippen molar-refractivity contribution in [2.45, 2.75) is 56.5 Å². The molecule has 134 valence electrons. The van der Waals surface area contributed by atoms with Gasteiger partial charge in [-0.05, 0) is 49.8 Å². The second-order valence-electron chi connectivity index (χ2n) is 7.94. The van der Waals surface area contributed by atoms with Gasteiger partial charge in [0.25, 0.3) is 0 Å². The fourth-order valence-electron chi connectivity index (χ4n) is 4.11. The van der Waals surface area contributed by atoms with Gasteiger partial charge in [-0.3, -0.25) is 0 Å². The van der Waals surface area contributed by atoms with E-state index in [2.05, 4.69) is 48.2 Å². The molecule has 26 heavy (non-hydrogen) atoms. The minimum Gasteiger partial charge on any atom is -0.381 e. The van der Waals surface area contributed by atoms with E-state index in [4.69, 9.17) is 4.74 Å². The lowest BCUT2D eigenvalue weighted by molar-refractivity contribution is 0.193. The van der Waals surface area contributed by atoms with Gasteiger partial charge in [-0.15, -0.1) is 10.2 Å². The topological polar surface area (TPSA) is 70.7 Å². The Bertz CT molecular complexity index is 962. The zero-order valence-corrected chi connectivity index (χ0v) is 14.7. The summed E-state index contributed by atoms with van der Waals surface area (Å²) in [6, 6.07) is 6.99. The van der Waals surface area contributed by atoms with E-state index in [-0.39, 0.29) is 0 Å². The minimum absolute atomic E-state index is 0.419. The number of hydrogen-bond acceptors (Lipinski definition) is 5. The Labute approximate surface area is 151 Å². The first-order valence-corrected chi connectivity index (χ1v) is 9.71. The van der Waals surface area contributed by atoms with Crippen molar-refractivity contribution in [1.82, 2.24) is 30.0 Å². The standard InChI is InChI=1S/C19H22N6O/c1-6-16-17(25(23-20-16)15-4-5-15)9-12(1)10-24-19(13-2-3-13)18(21-22-24)14-7-8-26-11-14/h1,6,9,13-15H,2-5,7-8,10-11H2. The maximum Gasteiger partial charge on any atom is 0.113 e. The van der Waals surface area contributed by atoms with Gasteiger partial charge in [0.15, 0.2) is 0 Å². The van der Waals surface area contributed by atoms with Crippen molar-refractivity contribution in [3.63, 3.8) is 0 Å². The number of hydrogen-bond donors (Lipinski definition) is 0. The molecule has 2 saturated carbocycles. The molecule has 0 amide bonds. The number of nitrogens with zero attached hydrogens (tertiary/aromatic N) is 6. The molecule has 0 N–H and O–H groups in total. The van der Waals surface area contributed by atoms with Crippen molar-refractivity contribution in [1.29, 1.82) is 0 Å². The molecular weight excluding hydrogens is 328 g/mol. The second-order valence-corrected chi connectivity index (χ2v) is 7.94. The highest BCUT2D eigenvalue weighted by Crippen LogP contribution is 2.44. The maximum atomic E-state index is 5.58. The summed E-state index contributed by atoms with van der Waals surface area (Å²) in [4.78, 5) is 0. The van der Waals surface area contributed by atoms with Crippen LogP contribution in [0.25, 0.3) is 11.0 Å². The third-order valence-electron chi connectivity index (χ3n) is 5.84. The summed E-state index contributed by atoms with van der Waals surface area (Å²) in [5, 5.41) is 17.7. The molecule has 1 saturated heterocycles. The maximum absolute atomic E-state index is 5.58. The van der Waals surface area contributed by atoms with Crippen LogP contribution in [0.15, 0.2) is 18.2 Å². The van der Waals surface area contributed by atoms with Crippen LogP contribution in [-0.2, 0) is 11.3 Å². The predicted octanol–water partition coefficient (Wildman–Crippen LogP) is 2.79. The molecule has 0 bridgehead atoms. The van der Waals surface area contributed by atoms with Gasteiger partial charge in [-0.2, -0.15) is 0 Å². The third-order valence-corrected chi connectivity index (χ3v) is 5.84. The van der Waals surface area contributed by atoms with Gasteiger partial charge >= 0.3 is 0 Å². The molecule has 1 unspecified atom stereocenters. The summed E-state index contributed by atoms with van der Waals surface area (Å²) in [7, 11) is 0. The molecule has 0 radical (unpaired) electrons. The third kappa shape index (κ3) is 2.45. The largest absolute Gasteiger partial charge is 0.381 e. The average molecular weight is 350 g/mol. The number of ether oxygens (including phenoxy) is 1. The highest BCUT2D eigenvalue weighted by Gasteiger charge is 2.35. The zero-order chi connectivity index (χ0) is 17.1. The van der Waals surface area contributed by atoms with E-state index in [9.17, 15) is 0 Å². The van der Waals surface area contributed by atoms with Crippen LogP contribution in [0.4, 0.5) is 0 Å². The molecule has 3 fully saturated rings. The van der Waals surface area contributed by atoms with Crippen LogP contribution in [0.3, 0.4) is 0 Å². The molecule has 3 heterocycles. The minimum atomic E-state index is 0.419. The van der Waals surface area contributed by atoms with E-state index in [1.807, 2.05) is 0 Å². The molecule has 6 rings (SSSR count). The zero-order valence-electron chi connectivity index (χ0n) is 14.7. The summed E-state index contributed by atoms with van der Waals surface area (Å²) >= 11 is 0. The van der Waals surface area contributed by atoms with Gasteiger partial charge in [0.05, 0.1) is 36.1 Å². The molecule has 1 aromatic carbocycles. The number of fused-ring (bicyclic) bond motifs is 1. The van der Waals surface area contributed by atoms with Crippen LogP contribution in [-0.4, -0.2) is 43.2 Å². The Morgan fingerprint density at radius 2 is 1.92 bits per heavy atom. The van der Waals surface area contributed by atoms with Crippen LogP contribution < -0.4 is 0 Å². The highest BCUT2D eigenvalue weighted by atomic mass is 16.5. The molecule has 7 nitrogen and oxygen atoms in total. The highest BCUT2D eigenvalue weighted by molar-refractivity contribution is 5.75. The van der Waals surface area contributed by atoms with E-state index in [0.717, 1.165) is 37.2 Å². The first-order chi connectivity index (χ1) is 12.9. The average Bonchev–Trinajstić information content (AvgIpc) is 3.54. The fourth-order valence-corrected chi connectivity index (χ4v) is 4.11. The van der Waals surface area contributed by atoms with Gasteiger partial charge in [-0.25, -0.2) is 9.36 Å². The van der Waals surface area contributed by atoms with Crippen LogP contribution in [0.5, 0.6) is 0 Å². The molecule has 3 aromatic rings. The van der Waals surface area contributed by atoms with Gasteiger partial charge in [0, 0.05) is 18.4 Å². The normalized spacial score (nSPS) is 23.2. The van der Waals surface area contributed by atoms with E-state index in [1.165, 1.54) is 42.6 Å². The lowest BCUT2D eigenvalue weighted by Crippen LogP contribution is -2.08. The molecular formula is C19H22N6O. The summed E-state index contributed by atoms with van der Waals surface area (Å²) in [5.74, 6) is 1.05. The van der Waals surface area contributed by atoms with Crippen molar-refractivity contribution < 1.29 is 4.74 Å². The van der Waals surface area contributed by atoms with E-state index < -0.39 is 0 Å². The smallest absolute Gasteiger partial charge is 0.113 e. The molecule has 1 atom stereocenters. The Hall–Kier alpha value is -2.28. The number of aromatic nitrogens is 6. The van der Waals surface area contributed by atoms with Crippen LogP contribution in [0, 0.1) is 0 Å². The Morgan fingerprint density at radius 3 is 2.69 bits per heavy atom. The Kier molecular flexibility index (Phi) is 3.20. The Balaban J connectivity index is 1.35. The predicted molar refractivity (Wildman–Crippen MR) is 95.1 cm³/mol. The van der Waals surface area contributed by atoms with Crippen molar-refractivity contribution in [2.24, 2.45) is 0 Å². The quantitative estimate of drug-likeness (QED) is 0.708. The Morgan fingerprint density at radius 1 is 1.00 bits per heavy atom. The van der Waals surface area contributed by atoms with Gasteiger partial charge in [0.2, 0.25) is 0 Å². The van der Waals surface area contributed by atoms with E-state index in [1.54, 1.807) is 0 Å². The van der Waals surface area contributed by atoms with Crippen LogP contribution >= 0.6 is 0 Å². The van der Waals surface area contributed by atoms with Crippen LogP contribution in [0.1, 0.15) is 66.9 Å². The monoisotopic (exact) mass is 350 g/mol. The van der Waals surface area contributed by atoms with Gasteiger partial charge in [-0.1, -0.05) is 16.5 Å². The van der Waals surface area contributed by atoms with Crippen molar-refractivity contribution in [3.05, 3.63) is 35.2 Å². The summed E-state index contributed by atoms with van der Waals surface area (Å²) in [6.45, 7) is 2.39. The first kappa shape index (κ1) is 14.8. The molecule has 2 aromatic heterocycles. The van der Waals surface area contributed by atoms with Gasteiger partial charge < -0.3 is 4.74 Å². The molecule has 2 aliphatic carbocycles. The SMILES string of the molecule is c1cc2nnn(C3CC3)c2cc1Cn1nnc(C2CCOC2)c1C1CC1. The first-order valence-electron chi connectivity index (χ1n) is 9.71. The summed E-state index contributed by atoms with van der Waals surface area (Å²) in [6.07, 6.45) is 6.00. The van der Waals surface area contributed by atoms with Crippen molar-refractivity contribution in [2.75, 3.05) is 13.2 Å². The lowest BCUT2D eigenvalue weighted by Gasteiger charge is -2.10. The number of rotatable bonds is 5. The molecule has 1 aliphatic heterocycles. The van der Waals surface area contributed by atoms with Crippen molar-refractivity contribution in [3.8, 4) is 0 Å². The lowest BCUT2D eigenvalue weighted by atomic mass is 10.0. The molecule has 3 aliphatic rings. The fraction of sp³-hybridized carbons (Fsp3) is 0.579.